The van der Waals surface area contributed by atoms with Crippen molar-refractivity contribution < 1.29 is 9.53 Å². The van der Waals surface area contributed by atoms with Crippen molar-refractivity contribution in [1.82, 2.24) is 0 Å². The molecule has 0 aliphatic carbocycles. The lowest BCUT2D eigenvalue weighted by molar-refractivity contribution is -0.142. The molecular weight excluding hydrogens is 412 g/mol. The molecular formula is C25H35BrO2. The van der Waals surface area contributed by atoms with E-state index in [0.717, 1.165) is 19.3 Å². The molecule has 0 spiro atoms. The molecule has 28 heavy (non-hydrogen) atoms. The SMILES string of the molecule is CCC/C=C\C(Br)=C/CCCCCCC/C=C/C#CC#CCCC(=O)OCC. The Bertz CT molecular complexity index is 606. The van der Waals surface area contributed by atoms with Crippen LogP contribution in [0.1, 0.15) is 84.5 Å². The molecule has 3 heteroatoms. The summed E-state index contributed by atoms with van der Waals surface area (Å²) >= 11 is 3.59. The minimum absolute atomic E-state index is 0.200. The van der Waals surface area contributed by atoms with Gasteiger partial charge >= 0.3 is 5.97 Å². The van der Waals surface area contributed by atoms with Gasteiger partial charge in [-0.25, -0.2) is 0 Å². The maximum atomic E-state index is 11.1. The van der Waals surface area contributed by atoms with Gasteiger partial charge in [-0.3, -0.25) is 4.79 Å². The number of unbranched alkanes of at least 4 members (excludes halogenated alkanes) is 7. The van der Waals surface area contributed by atoms with Gasteiger partial charge in [0.1, 0.15) is 0 Å². The van der Waals surface area contributed by atoms with E-state index in [-0.39, 0.29) is 5.97 Å². The standard InChI is InChI=1S/C25H35BrO2/c1-3-5-18-21-24(26)22-19-16-14-12-10-8-6-7-9-11-13-15-17-20-23-25(27)28-4-2/h7,9,18,21-22H,3-6,8,10,12,14,16,19-20,23H2,1-2H3/b9-7+,21-18-,24-22+. The Morgan fingerprint density at radius 1 is 0.964 bits per heavy atom. The summed E-state index contributed by atoms with van der Waals surface area (Å²) in [7, 11) is 0. The fourth-order valence-electron chi connectivity index (χ4n) is 2.33. The first kappa shape index (κ1) is 26.3. The summed E-state index contributed by atoms with van der Waals surface area (Å²) < 4.78 is 6.03. The Kier molecular flexibility index (Phi) is 20.3. The molecule has 0 aliphatic heterocycles. The van der Waals surface area contributed by atoms with Crippen molar-refractivity contribution in [2.45, 2.75) is 84.5 Å². The highest BCUT2D eigenvalue weighted by Gasteiger charge is 1.97. The van der Waals surface area contributed by atoms with Gasteiger partial charge in [0.25, 0.3) is 0 Å². The van der Waals surface area contributed by atoms with Crippen LogP contribution >= 0.6 is 15.9 Å². The van der Waals surface area contributed by atoms with E-state index in [2.05, 4.69) is 70.8 Å². The molecule has 0 radical (unpaired) electrons. The molecule has 0 aromatic rings. The number of carbonyl (C=O) groups is 1. The van der Waals surface area contributed by atoms with Crippen molar-refractivity contribution in [3.63, 3.8) is 0 Å². The second-order valence-electron chi connectivity index (χ2n) is 6.40. The lowest BCUT2D eigenvalue weighted by Crippen LogP contribution is -2.02. The summed E-state index contributed by atoms with van der Waals surface area (Å²) in [5.74, 6) is 11.1. The third kappa shape index (κ3) is 20.6. The quantitative estimate of drug-likeness (QED) is 0.121. The van der Waals surface area contributed by atoms with Crippen molar-refractivity contribution in [3.8, 4) is 23.7 Å². The minimum Gasteiger partial charge on any atom is -0.466 e. The van der Waals surface area contributed by atoms with E-state index in [1.165, 1.54) is 43.0 Å². The van der Waals surface area contributed by atoms with Crippen LogP contribution in [0.3, 0.4) is 0 Å². The zero-order valence-electron chi connectivity index (χ0n) is 17.6. The predicted octanol–water partition coefficient (Wildman–Crippen LogP) is 7.26. The van der Waals surface area contributed by atoms with Crippen LogP contribution in [0, 0.1) is 23.7 Å². The lowest BCUT2D eigenvalue weighted by Gasteiger charge is -1.98. The summed E-state index contributed by atoms with van der Waals surface area (Å²) in [6.45, 7) is 4.41. The number of carbonyl (C=O) groups excluding carboxylic acids is 1. The van der Waals surface area contributed by atoms with Gasteiger partial charge in [-0.1, -0.05) is 84.7 Å². The molecule has 0 saturated heterocycles. The normalized spacial score (nSPS) is 11.2. The molecule has 0 aromatic carbocycles. The smallest absolute Gasteiger partial charge is 0.306 e. The van der Waals surface area contributed by atoms with Crippen LogP contribution in [0.15, 0.2) is 34.9 Å². The molecule has 0 aliphatic rings. The van der Waals surface area contributed by atoms with Crippen LogP contribution in [0.5, 0.6) is 0 Å². The van der Waals surface area contributed by atoms with Crippen molar-refractivity contribution >= 4 is 21.9 Å². The van der Waals surface area contributed by atoms with Crippen molar-refractivity contribution in [1.29, 1.82) is 0 Å². The van der Waals surface area contributed by atoms with E-state index in [0.29, 0.717) is 19.4 Å². The Labute approximate surface area is 181 Å². The van der Waals surface area contributed by atoms with Crippen LogP contribution in [-0.2, 0) is 9.53 Å². The predicted molar refractivity (Wildman–Crippen MR) is 124 cm³/mol. The highest BCUT2D eigenvalue weighted by Crippen LogP contribution is 2.13. The zero-order valence-corrected chi connectivity index (χ0v) is 19.2. The third-order valence-corrected chi connectivity index (χ3v) is 4.42. The van der Waals surface area contributed by atoms with E-state index in [1.54, 1.807) is 6.92 Å². The molecule has 0 saturated carbocycles. The first-order valence-electron chi connectivity index (χ1n) is 10.5. The number of hydrogen-bond donors (Lipinski definition) is 0. The number of allylic oxidation sites excluding steroid dienone is 6. The second-order valence-corrected chi connectivity index (χ2v) is 7.32. The van der Waals surface area contributed by atoms with Crippen molar-refractivity contribution in [3.05, 3.63) is 34.9 Å². The average Bonchev–Trinajstić information content (AvgIpc) is 2.68. The number of rotatable bonds is 14. The first-order chi connectivity index (χ1) is 13.7. The molecule has 154 valence electrons. The number of ether oxygens (including phenoxy) is 1. The number of esters is 1. The van der Waals surface area contributed by atoms with Crippen molar-refractivity contribution in [2.75, 3.05) is 6.61 Å². The van der Waals surface area contributed by atoms with Gasteiger partial charge in [-0.05, 0) is 56.9 Å². The molecule has 0 aromatic heterocycles. The van der Waals surface area contributed by atoms with Crippen LogP contribution in [-0.4, -0.2) is 12.6 Å². The zero-order chi connectivity index (χ0) is 20.7. The minimum atomic E-state index is -0.200. The van der Waals surface area contributed by atoms with Gasteiger partial charge in [0, 0.05) is 10.9 Å². The molecule has 2 nitrogen and oxygen atoms in total. The van der Waals surface area contributed by atoms with Gasteiger partial charge in [0.05, 0.1) is 13.0 Å². The van der Waals surface area contributed by atoms with E-state index >= 15 is 0 Å². The Morgan fingerprint density at radius 2 is 1.71 bits per heavy atom. The molecule has 0 amide bonds. The molecule has 0 unspecified atom stereocenters. The van der Waals surface area contributed by atoms with Gasteiger partial charge < -0.3 is 4.74 Å². The van der Waals surface area contributed by atoms with Crippen LogP contribution in [0.2, 0.25) is 0 Å². The Hall–Kier alpha value is -1.71. The summed E-state index contributed by atoms with van der Waals surface area (Å²) in [5.41, 5.74) is 0. The second kappa shape index (κ2) is 21.6. The monoisotopic (exact) mass is 446 g/mol. The largest absolute Gasteiger partial charge is 0.466 e. The number of halogens is 1. The van der Waals surface area contributed by atoms with Gasteiger partial charge in [-0.15, -0.1) is 0 Å². The van der Waals surface area contributed by atoms with E-state index in [4.69, 9.17) is 4.74 Å². The maximum absolute atomic E-state index is 11.1. The molecule has 0 N–H and O–H groups in total. The van der Waals surface area contributed by atoms with Crippen LogP contribution in [0.4, 0.5) is 0 Å². The summed E-state index contributed by atoms with van der Waals surface area (Å²) in [4.78, 5) is 11.1. The van der Waals surface area contributed by atoms with Crippen LogP contribution in [0.25, 0.3) is 0 Å². The van der Waals surface area contributed by atoms with Gasteiger partial charge in [0.15, 0.2) is 0 Å². The molecule has 0 atom stereocenters. The first-order valence-corrected chi connectivity index (χ1v) is 11.3. The van der Waals surface area contributed by atoms with E-state index < -0.39 is 0 Å². The highest BCUT2D eigenvalue weighted by molar-refractivity contribution is 9.11. The average molecular weight is 447 g/mol. The van der Waals surface area contributed by atoms with Gasteiger partial charge in [0.2, 0.25) is 0 Å². The van der Waals surface area contributed by atoms with Gasteiger partial charge in [-0.2, -0.15) is 0 Å². The van der Waals surface area contributed by atoms with Crippen LogP contribution < -0.4 is 0 Å². The fourth-order valence-corrected chi connectivity index (χ4v) is 2.75. The molecule has 0 rings (SSSR count). The third-order valence-electron chi connectivity index (χ3n) is 3.83. The molecule has 0 heterocycles. The molecule has 0 fully saturated rings. The Balaban J connectivity index is 3.57. The highest BCUT2D eigenvalue weighted by atomic mass is 79.9. The maximum Gasteiger partial charge on any atom is 0.306 e. The fraction of sp³-hybridized carbons (Fsp3) is 0.560. The molecule has 0 bridgehead atoms. The summed E-state index contributed by atoms with van der Waals surface area (Å²) in [5, 5.41) is 0. The van der Waals surface area contributed by atoms with E-state index in [9.17, 15) is 4.79 Å². The van der Waals surface area contributed by atoms with Crippen molar-refractivity contribution in [2.24, 2.45) is 0 Å². The summed E-state index contributed by atoms with van der Waals surface area (Å²) in [6.07, 6.45) is 22.3. The topological polar surface area (TPSA) is 26.3 Å². The van der Waals surface area contributed by atoms with E-state index in [1.807, 2.05) is 6.08 Å². The summed E-state index contributed by atoms with van der Waals surface area (Å²) in [6, 6.07) is 0. The number of hydrogen-bond acceptors (Lipinski definition) is 2. The lowest BCUT2D eigenvalue weighted by atomic mass is 10.1. The Morgan fingerprint density at radius 3 is 2.46 bits per heavy atom.